The smallest absolute Gasteiger partial charge is 0.320 e. The van der Waals surface area contributed by atoms with Crippen molar-refractivity contribution in [1.82, 2.24) is 0 Å². The standard InChI is InChI=1S/C5H11NO2S.Se.Zn/c1-9-3-2-4(6)5(7)8;;/h4H,2-3,6H2,1H3,(H,7,8);;/t4-;;/m0../s1. The van der Waals surface area contributed by atoms with E-state index in [2.05, 4.69) is 0 Å². The number of rotatable bonds is 4. The van der Waals surface area contributed by atoms with Gasteiger partial charge in [-0.3, -0.25) is 4.79 Å². The van der Waals surface area contributed by atoms with E-state index in [-0.39, 0.29) is 36.5 Å². The first kappa shape index (κ1) is 17.9. The van der Waals surface area contributed by atoms with E-state index >= 15 is 0 Å². The predicted octanol–water partition coefficient (Wildman–Crippen LogP) is -0.232. The zero-order valence-electron chi connectivity index (χ0n) is 6.45. The van der Waals surface area contributed by atoms with Gasteiger partial charge in [-0.05, 0) is 18.4 Å². The van der Waals surface area contributed by atoms with Crippen LogP contribution in [0.4, 0.5) is 0 Å². The first-order valence-electron chi connectivity index (χ1n) is 2.65. The Morgan fingerprint density at radius 1 is 1.73 bits per heavy atom. The average molecular weight is 294 g/mol. The van der Waals surface area contributed by atoms with Crippen LogP contribution < -0.4 is 5.73 Å². The predicted molar refractivity (Wildman–Crippen MR) is 44.4 cm³/mol. The first-order chi connectivity index (χ1) is 4.18. The normalized spacial score (nSPS) is 10.7. The molecule has 0 unspecified atom stereocenters. The molecule has 0 rings (SSSR count). The number of carboxylic acids is 1. The first-order valence-corrected chi connectivity index (χ1v) is 4.05. The summed E-state index contributed by atoms with van der Waals surface area (Å²) in [7, 11) is 0. The fraction of sp³-hybridized carbons (Fsp3) is 0.800. The minimum absolute atomic E-state index is 0. The van der Waals surface area contributed by atoms with Crippen LogP contribution in [0.5, 0.6) is 0 Å². The van der Waals surface area contributed by atoms with E-state index in [4.69, 9.17) is 10.8 Å². The van der Waals surface area contributed by atoms with Gasteiger partial charge in [0.15, 0.2) is 0 Å². The van der Waals surface area contributed by atoms with Gasteiger partial charge in [-0.15, -0.1) is 0 Å². The summed E-state index contributed by atoms with van der Waals surface area (Å²) in [5.41, 5.74) is 5.19. The van der Waals surface area contributed by atoms with Crippen LogP contribution in [-0.4, -0.2) is 46.2 Å². The van der Waals surface area contributed by atoms with Crippen molar-refractivity contribution in [3.63, 3.8) is 0 Å². The second-order valence-electron chi connectivity index (χ2n) is 1.73. The van der Waals surface area contributed by atoms with Crippen molar-refractivity contribution in [2.24, 2.45) is 5.73 Å². The monoisotopic (exact) mass is 293 g/mol. The molecule has 11 heavy (non-hydrogen) atoms. The quantitative estimate of drug-likeness (QED) is 0.703. The van der Waals surface area contributed by atoms with Crippen LogP contribution in [0.3, 0.4) is 0 Å². The van der Waals surface area contributed by atoms with Crippen molar-refractivity contribution in [3.8, 4) is 0 Å². The molecule has 1 atom stereocenters. The molecule has 0 saturated heterocycles. The fourth-order valence-electron chi connectivity index (χ4n) is 0.368. The van der Waals surface area contributed by atoms with Gasteiger partial charge in [-0.1, -0.05) is 0 Å². The molecule has 0 aromatic rings. The molecule has 3 N–H and O–H groups in total. The Morgan fingerprint density at radius 2 is 2.18 bits per heavy atom. The van der Waals surface area contributed by atoms with Crippen LogP contribution in [0.25, 0.3) is 0 Å². The molecule has 0 heterocycles. The molecular formula is C5H11NO2SSeZn. The summed E-state index contributed by atoms with van der Waals surface area (Å²) in [5, 5.41) is 8.27. The van der Waals surface area contributed by atoms with E-state index in [0.717, 1.165) is 5.75 Å². The summed E-state index contributed by atoms with van der Waals surface area (Å²) in [6.45, 7) is 0. The van der Waals surface area contributed by atoms with Crippen molar-refractivity contribution >= 4 is 34.8 Å². The van der Waals surface area contributed by atoms with Gasteiger partial charge in [-0.25, -0.2) is 0 Å². The maximum Gasteiger partial charge on any atom is 0.320 e. The number of nitrogens with two attached hydrogens (primary N) is 1. The van der Waals surface area contributed by atoms with Crippen molar-refractivity contribution < 1.29 is 29.4 Å². The van der Waals surface area contributed by atoms with Crippen LogP contribution in [0, 0.1) is 0 Å². The Balaban J connectivity index is -0.000000320. The van der Waals surface area contributed by atoms with Crippen LogP contribution in [0.1, 0.15) is 6.42 Å². The van der Waals surface area contributed by atoms with Gasteiger partial charge in [0.25, 0.3) is 0 Å². The third-order valence-electron chi connectivity index (χ3n) is 0.950. The van der Waals surface area contributed by atoms with Crippen molar-refractivity contribution in [2.45, 2.75) is 12.5 Å². The van der Waals surface area contributed by atoms with Gasteiger partial charge in [0.1, 0.15) is 6.04 Å². The molecule has 0 aromatic heterocycles. The number of thioether (sulfide) groups is 1. The molecule has 2 radical (unpaired) electrons. The number of hydrogen-bond donors (Lipinski definition) is 2. The van der Waals surface area contributed by atoms with Gasteiger partial charge in [0.05, 0.1) is 0 Å². The summed E-state index contributed by atoms with van der Waals surface area (Å²) < 4.78 is 0. The van der Waals surface area contributed by atoms with E-state index in [9.17, 15) is 4.79 Å². The molecule has 0 spiro atoms. The number of hydrogen-bond acceptors (Lipinski definition) is 3. The topological polar surface area (TPSA) is 63.3 Å². The van der Waals surface area contributed by atoms with E-state index in [0.29, 0.717) is 6.42 Å². The summed E-state index contributed by atoms with van der Waals surface area (Å²) in [6.07, 6.45) is 2.48. The zero-order valence-corrected chi connectivity index (χ0v) is 11.9. The van der Waals surface area contributed by atoms with Gasteiger partial charge in [0, 0.05) is 36.5 Å². The number of aliphatic carboxylic acids is 1. The van der Waals surface area contributed by atoms with E-state index < -0.39 is 12.0 Å². The van der Waals surface area contributed by atoms with Crippen molar-refractivity contribution in [1.29, 1.82) is 0 Å². The second kappa shape index (κ2) is 10.9. The molecule has 6 heteroatoms. The molecule has 62 valence electrons. The molecule has 3 nitrogen and oxygen atoms in total. The zero-order chi connectivity index (χ0) is 7.28. The van der Waals surface area contributed by atoms with E-state index in [1.54, 1.807) is 11.8 Å². The van der Waals surface area contributed by atoms with Crippen molar-refractivity contribution in [3.05, 3.63) is 0 Å². The maximum atomic E-state index is 10.1. The van der Waals surface area contributed by atoms with Gasteiger partial charge in [-0.2, -0.15) is 11.8 Å². The Morgan fingerprint density at radius 3 is 2.45 bits per heavy atom. The average Bonchev–Trinajstić information content (AvgIpc) is 1.82. The minimum atomic E-state index is -0.913. The third-order valence-corrected chi connectivity index (χ3v) is 1.59. The second-order valence-corrected chi connectivity index (χ2v) is 2.71. The Kier molecular flexibility index (Phi) is 17.7. The Hall–Kier alpha value is 0.923. The third kappa shape index (κ3) is 10.9. The van der Waals surface area contributed by atoms with Crippen molar-refractivity contribution in [2.75, 3.05) is 12.0 Å². The summed E-state index contributed by atoms with van der Waals surface area (Å²) in [6, 6.07) is -0.683. The molecule has 0 aromatic carbocycles. The molecule has 0 aliphatic heterocycles. The summed E-state index contributed by atoms with van der Waals surface area (Å²) in [5.74, 6) is -0.1000. The number of carbonyl (C=O) groups is 1. The van der Waals surface area contributed by atoms with Gasteiger partial charge >= 0.3 is 5.97 Å². The Bertz CT molecular complexity index is 106. The molecular weight excluding hydrogens is 282 g/mol. The summed E-state index contributed by atoms with van der Waals surface area (Å²) >= 11 is 1.60. The molecule has 0 bridgehead atoms. The van der Waals surface area contributed by atoms with E-state index in [1.807, 2.05) is 6.26 Å². The maximum absolute atomic E-state index is 10.1. The Labute approximate surface area is 94.1 Å². The molecule has 0 saturated carbocycles. The van der Waals surface area contributed by atoms with Crippen LogP contribution in [0.15, 0.2) is 0 Å². The molecule has 0 aliphatic carbocycles. The van der Waals surface area contributed by atoms with Crippen LogP contribution >= 0.6 is 11.8 Å². The fourth-order valence-corrected chi connectivity index (χ4v) is 0.858. The van der Waals surface area contributed by atoms with E-state index in [1.165, 1.54) is 0 Å². The molecule has 0 aliphatic rings. The van der Waals surface area contributed by atoms with Gasteiger partial charge in [0.2, 0.25) is 0 Å². The van der Waals surface area contributed by atoms with Gasteiger partial charge < -0.3 is 10.8 Å². The molecule has 0 amide bonds. The molecule has 0 fully saturated rings. The SMILES string of the molecule is CSCC[C@H](N)C(=O)O.[Se].[Zn]. The van der Waals surface area contributed by atoms with Crippen LogP contribution in [-0.2, 0) is 24.3 Å². The largest absolute Gasteiger partial charge is 0.480 e. The van der Waals surface area contributed by atoms with Crippen LogP contribution in [0.2, 0.25) is 0 Å². The minimum Gasteiger partial charge on any atom is -0.480 e. The summed E-state index contributed by atoms with van der Waals surface area (Å²) in [4.78, 5) is 10.1. The number of carboxylic acid groups (broad SMARTS) is 1.